The number of halogens is 3. The molecule has 10 heteroatoms. The second kappa shape index (κ2) is 6.75. The van der Waals surface area contributed by atoms with Crippen molar-refractivity contribution >= 4 is 22.1 Å². The van der Waals surface area contributed by atoms with Crippen LogP contribution < -0.4 is 0 Å². The van der Waals surface area contributed by atoms with E-state index in [-0.39, 0.29) is 12.5 Å². The molecule has 0 aliphatic carbocycles. The molecule has 4 heterocycles. The monoisotopic (exact) mass is 382 g/mol. The van der Waals surface area contributed by atoms with Crippen molar-refractivity contribution in [2.75, 3.05) is 19.6 Å². The lowest BCUT2D eigenvalue weighted by molar-refractivity contribution is -0.136. The normalized spacial score (nSPS) is 20.1. The number of H-pyrrole nitrogens is 1. The molecule has 1 saturated heterocycles. The number of aliphatic hydroxyl groups is 1. The molecule has 1 aliphatic rings. The standard InChI is InChI=1S/C17H21F3N6O/c1-10(27)16-23-13-8-21-15-12(7-22-24-15)14(13)26(16)11-3-6-25(9-11)5-2-4-17(18,19)20/h7-8,10-11,27H,2-6,9H2,1H3,(H,21,22,24)/t10?,11-/m0/s1. The van der Waals surface area contributed by atoms with Gasteiger partial charge < -0.3 is 14.6 Å². The van der Waals surface area contributed by atoms with E-state index in [1.54, 1.807) is 19.3 Å². The lowest BCUT2D eigenvalue weighted by atomic mass is 10.2. The van der Waals surface area contributed by atoms with Gasteiger partial charge in [0.2, 0.25) is 0 Å². The van der Waals surface area contributed by atoms with Crippen LogP contribution in [0.4, 0.5) is 13.2 Å². The third-order valence-corrected chi connectivity index (χ3v) is 5.08. The quantitative estimate of drug-likeness (QED) is 0.709. The maximum absolute atomic E-state index is 12.4. The number of fused-ring (bicyclic) bond motifs is 3. The van der Waals surface area contributed by atoms with Gasteiger partial charge in [0.05, 0.1) is 23.3 Å². The lowest BCUT2D eigenvalue weighted by Crippen LogP contribution is -2.24. The Bertz CT molecular complexity index is 947. The van der Waals surface area contributed by atoms with Crippen LogP contribution in [0.5, 0.6) is 0 Å². The first-order valence-corrected chi connectivity index (χ1v) is 9.00. The number of nitrogens with zero attached hydrogens (tertiary/aromatic N) is 5. The maximum Gasteiger partial charge on any atom is 0.389 e. The van der Waals surface area contributed by atoms with Crippen molar-refractivity contribution in [3.05, 3.63) is 18.2 Å². The van der Waals surface area contributed by atoms with Gasteiger partial charge in [-0.25, -0.2) is 9.97 Å². The van der Waals surface area contributed by atoms with Gasteiger partial charge in [-0.1, -0.05) is 0 Å². The molecule has 1 unspecified atom stereocenters. The number of rotatable bonds is 5. The van der Waals surface area contributed by atoms with Gasteiger partial charge in [0, 0.05) is 25.6 Å². The van der Waals surface area contributed by atoms with Crippen molar-refractivity contribution in [3.8, 4) is 0 Å². The maximum atomic E-state index is 12.4. The molecule has 3 aromatic heterocycles. The number of aromatic nitrogens is 5. The molecule has 0 amide bonds. The zero-order chi connectivity index (χ0) is 19.2. The Kier molecular flexibility index (Phi) is 4.55. The Balaban J connectivity index is 1.63. The van der Waals surface area contributed by atoms with E-state index >= 15 is 0 Å². The molecule has 1 fully saturated rings. The summed E-state index contributed by atoms with van der Waals surface area (Å²) in [4.78, 5) is 10.9. The molecule has 27 heavy (non-hydrogen) atoms. The van der Waals surface area contributed by atoms with Gasteiger partial charge in [-0.2, -0.15) is 18.3 Å². The minimum Gasteiger partial charge on any atom is -0.385 e. The average molecular weight is 382 g/mol. The molecule has 0 saturated carbocycles. The summed E-state index contributed by atoms with van der Waals surface area (Å²) in [5, 5.41) is 17.9. The summed E-state index contributed by atoms with van der Waals surface area (Å²) in [7, 11) is 0. The molecule has 146 valence electrons. The Morgan fingerprint density at radius 2 is 2.19 bits per heavy atom. The number of hydrogen-bond donors (Lipinski definition) is 2. The number of aliphatic hydroxyl groups excluding tert-OH is 1. The van der Waals surface area contributed by atoms with Gasteiger partial charge in [0.1, 0.15) is 17.4 Å². The Hall–Kier alpha value is -2.20. The Labute approximate surface area is 153 Å². The predicted octanol–water partition coefficient (Wildman–Crippen LogP) is 2.95. The molecule has 2 atom stereocenters. The van der Waals surface area contributed by atoms with Crippen LogP contribution in [-0.4, -0.2) is 60.5 Å². The first-order valence-electron chi connectivity index (χ1n) is 9.00. The highest BCUT2D eigenvalue weighted by molar-refractivity contribution is 6.00. The first-order chi connectivity index (χ1) is 12.8. The molecule has 4 rings (SSSR count). The zero-order valence-corrected chi connectivity index (χ0v) is 14.9. The third-order valence-electron chi connectivity index (χ3n) is 5.08. The summed E-state index contributed by atoms with van der Waals surface area (Å²) >= 11 is 0. The predicted molar refractivity (Wildman–Crippen MR) is 93.2 cm³/mol. The van der Waals surface area contributed by atoms with Crippen molar-refractivity contribution in [2.24, 2.45) is 0 Å². The molecular weight excluding hydrogens is 361 g/mol. The molecule has 0 bridgehead atoms. The molecule has 0 radical (unpaired) electrons. The summed E-state index contributed by atoms with van der Waals surface area (Å²) in [5.41, 5.74) is 2.17. The third kappa shape index (κ3) is 3.51. The number of nitrogens with one attached hydrogen (secondary N) is 1. The van der Waals surface area contributed by atoms with Crippen LogP contribution in [0.1, 0.15) is 44.2 Å². The fraction of sp³-hybridized carbons (Fsp3) is 0.588. The smallest absolute Gasteiger partial charge is 0.385 e. The summed E-state index contributed by atoms with van der Waals surface area (Å²) in [6, 6.07) is 0.0333. The fourth-order valence-electron chi connectivity index (χ4n) is 3.90. The Morgan fingerprint density at radius 1 is 1.37 bits per heavy atom. The van der Waals surface area contributed by atoms with Crippen LogP contribution in [0, 0.1) is 0 Å². The van der Waals surface area contributed by atoms with Crippen molar-refractivity contribution in [1.82, 2.24) is 29.6 Å². The van der Waals surface area contributed by atoms with Crippen LogP contribution in [0.3, 0.4) is 0 Å². The van der Waals surface area contributed by atoms with Gasteiger partial charge in [-0.15, -0.1) is 0 Å². The molecular formula is C17H21F3N6O. The Morgan fingerprint density at radius 3 is 2.93 bits per heavy atom. The summed E-state index contributed by atoms with van der Waals surface area (Å²) < 4.78 is 39.2. The SMILES string of the molecule is CC(O)c1nc2cnc3[nH]ncc3c2n1[C@H]1CCN(CCCC(F)(F)F)C1. The summed E-state index contributed by atoms with van der Waals surface area (Å²) in [6.07, 6.45) is -1.42. The van der Waals surface area contributed by atoms with Gasteiger partial charge in [-0.3, -0.25) is 5.10 Å². The van der Waals surface area contributed by atoms with E-state index in [0.717, 1.165) is 23.9 Å². The van der Waals surface area contributed by atoms with Crippen LogP contribution in [-0.2, 0) is 0 Å². The number of imidazole rings is 1. The van der Waals surface area contributed by atoms with Gasteiger partial charge in [0.15, 0.2) is 5.65 Å². The van der Waals surface area contributed by atoms with Crippen LogP contribution in [0.15, 0.2) is 12.4 Å². The van der Waals surface area contributed by atoms with E-state index in [9.17, 15) is 18.3 Å². The number of likely N-dealkylation sites (tertiary alicyclic amines) is 1. The molecule has 0 spiro atoms. The molecule has 3 aromatic rings. The van der Waals surface area contributed by atoms with Crippen LogP contribution >= 0.6 is 0 Å². The van der Waals surface area contributed by atoms with Crippen LogP contribution in [0.25, 0.3) is 22.1 Å². The average Bonchev–Trinajstić information content (AvgIpc) is 3.29. The molecule has 0 aromatic carbocycles. The van der Waals surface area contributed by atoms with E-state index in [2.05, 4.69) is 20.2 Å². The second-order valence-electron chi connectivity index (χ2n) is 7.10. The fourth-order valence-corrected chi connectivity index (χ4v) is 3.90. The number of alkyl halides is 3. The van der Waals surface area contributed by atoms with Crippen LogP contribution in [0.2, 0.25) is 0 Å². The summed E-state index contributed by atoms with van der Waals surface area (Å²) in [5.74, 6) is 0.544. The first kappa shape index (κ1) is 18.2. The van der Waals surface area contributed by atoms with Crippen molar-refractivity contribution in [2.45, 2.75) is 44.5 Å². The zero-order valence-electron chi connectivity index (χ0n) is 14.9. The molecule has 7 nitrogen and oxygen atoms in total. The number of hydrogen-bond acceptors (Lipinski definition) is 5. The van der Waals surface area contributed by atoms with Crippen molar-refractivity contribution < 1.29 is 18.3 Å². The minimum absolute atomic E-state index is 0.0333. The highest BCUT2D eigenvalue weighted by Crippen LogP contribution is 2.33. The molecule has 1 aliphatic heterocycles. The van der Waals surface area contributed by atoms with Gasteiger partial charge in [-0.05, 0) is 26.3 Å². The summed E-state index contributed by atoms with van der Waals surface area (Å²) in [6.45, 7) is 3.43. The number of aromatic amines is 1. The van der Waals surface area contributed by atoms with E-state index in [1.807, 2.05) is 9.47 Å². The van der Waals surface area contributed by atoms with Gasteiger partial charge in [0.25, 0.3) is 0 Å². The highest BCUT2D eigenvalue weighted by atomic mass is 19.4. The van der Waals surface area contributed by atoms with Crippen molar-refractivity contribution in [1.29, 1.82) is 0 Å². The van der Waals surface area contributed by atoms with E-state index in [0.29, 0.717) is 30.1 Å². The van der Waals surface area contributed by atoms with Crippen molar-refractivity contribution in [3.63, 3.8) is 0 Å². The molecule has 2 N–H and O–H groups in total. The van der Waals surface area contributed by atoms with E-state index in [4.69, 9.17) is 0 Å². The highest BCUT2D eigenvalue weighted by Gasteiger charge is 2.31. The topological polar surface area (TPSA) is 82.9 Å². The van der Waals surface area contributed by atoms with E-state index < -0.39 is 18.7 Å². The minimum atomic E-state index is -4.11. The largest absolute Gasteiger partial charge is 0.389 e. The second-order valence-corrected chi connectivity index (χ2v) is 7.10. The lowest BCUT2D eigenvalue weighted by Gasteiger charge is -2.20. The van der Waals surface area contributed by atoms with E-state index in [1.165, 1.54) is 0 Å². The number of pyridine rings is 1. The van der Waals surface area contributed by atoms with Gasteiger partial charge >= 0.3 is 6.18 Å².